The molecule has 2 heterocycles. The number of amides is 2. The van der Waals surface area contributed by atoms with Gasteiger partial charge in [0.1, 0.15) is 0 Å². The van der Waals surface area contributed by atoms with Crippen LogP contribution in [0.1, 0.15) is 38.5 Å². The summed E-state index contributed by atoms with van der Waals surface area (Å²) in [6.45, 7) is 1.63. The fraction of sp³-hybridized carbons (Fsp3) is 0.895. The maximum atomic E-state index is 12.6. The quantitative estimate of drug-likeness (QED) is 0.717. The first-order chi connectivity index (χ1) is 12.0. The van der Waals surface area contributed by atoms with Crippen LogP contribution < -0.4 is 0 Å². The molecule has 4 atom stereocenters. The fourth-order valence-corrected chi connectivity index (χ4v) is 4.77. The number of carbonyl (C=O) groups excluding carboxylic acids is 2. The molecule has 2 aliphatic carbocycles. The third kappa shape index (κ3) is 3.43. The SMILES string of the molecule is CN(C(=O)C[C@@H]1CN(C)[C@@H]2CO[C@@H](CC(=O)N(C)C3CC3)[C@H]12)C1CC1. The van der Waals surface area contributed by atoms with Crippen molar-refractivity contribution in [3.8, 4) is 0 Å². The Hall–Kier alpha value is -1.14. The smallest absolute Gasteiger partial charge is 0.225 e. The summed E-state index contributed by atoms with van der Waals surface area (Å²) in [5, 5.41) is 0. The van der Waals surface area contributed by atoms with Gasteiger partial charge in [0.2, 0.25) is 11.8 Å². The monoisotopic (exact) mass is 349 g/mol. The second-order valence-electron chi connectivity index (χ2n) is 8.60. The van der Waals surface area contributed by atoms with E-state index in [0.29, 0.717) is 49.4 Å². The molecule has 4 rings (SSSR count). The minimum Gasteiger partial charge on any atom is -0.376 e. The fourth-order valence-electron chi connectivity index (χ4n) is 4.77. The lowest BCUT2D eigenvalue weighted by molar-refractivity contribution is -0.133. The van der Waals surface area contributed by atoms with E-state index in [1.807, 2.05) is 23.9 Å². The molecule has 0 aromatic carbocycles. The summed E-state index contributed by atoms with van der Waals surface area (Å²) in [4.78, 5) is 31.3. The van der Waals surface area contributed by atoms with Crippen LogP contribution in [0.5, 0.6) is 0 Å². The lowest BCUT2D eigenvalue weighted by atomic mass is 9.84. The average molecular weight is 349 g/mol. The zero-order valence-corrected chi connectivity index (χ0v) is 15.7. The second-order valence-corrected chi connectivity index (χ2v) is 8.60. The van der Waals surface area contributed by atoms with Crippen LogP contribution in [-0.2, 0) is 14.3 Å². The molecule has 0 aromatic heterocycles. The highest BCUT2D eigenvalue weighted by Crippen LogP contribution is 2.41. The van der Waals surface area contributed by atoms with Gasteiger partial charge >= 0.3 is 0 Å². The van der Waals surface area contributed by atoms with E-state index in [9.17, 15) is 9.59 Å². The van der Waals surface area contributed by atoms with Crippen LogP contribution >= 0.6 is 0 Å². The van der Waals surface area contributed by atoms with Gasteiger partial charge < -0.3 is 19.4 Å². The summed E-state index contributed by atoms with van der Waals surface area (Å²) in [6, 6.07) is 1.26. The molecule has 2 saturated carbocycles. The van der Waals surface area contributed by atoms with E-state index >= 15 is 0 Å². The third-order valence-corrected chi connectivity index (χ3v) is 6.78. The first-order valence-corrected chi connectivity index (χ1v) is 9.79. The van der Waals surface area contributed by atoms with E-state index in [1.165, 1.54) is 0 Å². The predicted octanol–water partition coefficient (Wildman–Crippen LogP) is 0.953. The topological polar surface area (TPSA) is 53.1 Å². The predicted molar refractivity (Wildman–Crippen MR) is 94.0 cm³/mol. The van der Waals surface area contributed by atoms with E-state index in [0.717, 1.165) is 32.2 Å². The van der Waals surface area contributed by atoms with Gasteiger partial charge in [0.15, 0.2) is 0 Å². The number of hydrogen-bond donors (Lipinski definition) is 0. The van der Waals surface area contributed by atoms with Gasteiger partial charge in [-0.15, -0.1) is 0 Å². The van der Waals surface area contributed by atoms with Crippen molar-refractivity contribution in [2.24, 2.45) is 11.8 Å². The largest absolute Gasteiger partial charge is 0.376 e. The van der Waals surface area contributed by atoms with Crippen molar-refractivity contribution >= 4 is 11.8 Å². The average Bonchev–Trinajstić information content (AvgIpc) is 3.49. The molecule has 0 radical (unpaired) electrons. The number of fused-ring (bicyclic) bond motifs is 1. The lowest BCUT2D eigenvalue weighted by Gasteiger charge is -2.26. The molecule has 4 fully saturated rings. The number of ether oxygens (including phenoxy) is 1. The molecule has 2 aliphatic heterocycles. The van der Waals surface area contributed by atoms with Gasteiger partial charge in [0, 0.05) is 51.1 Å². The number of hydrogen-bond acceptors (Lipinski definition) is 4. The molecule has 0 aromatic rings. The Labute approximate surface area is 150 Å². The standard InChI is InChI=1S/C19H31N3O3/c1-20-10-12(8-17(23)21(2)13-4-5-13)19-15(20)11-25-16(19)9-18(24)22(3)14-6-7-14/h12-16,19H,4-11H2,1-3H3/t12-,15-,16+,19-/m1/s1. The Morgan fingerprint density at radius 1 is 1.00 bits per heavy atom. The van der Waals surface area contributed by atoms with Crippen LogP contribution in [0.4, 0.5) is 0 Å². The Morgan fingerprint density at radius 2 is 1.56 bits per heavy atom. The summed E-state index contributed by atoms with van der Waals surface area (Å²) < 4.78 is 6.03. The molecule has 0 unspecified atom stereocenters. The molecule has 140 valence electrons. The number of nitrogens with zero attached hydrogens (tertiary/aromatic N) is 3. The van der Waals surface area contributed by atoms with E-state index in [2.05, 4.69) is 11.9 Å². The normalized spacial score (nSPS) is 34.8. The van der Waals surface area contributed by atoms with Gasteiger partial charge in [-0.2, -0.15) is 0 Å². The van der Waals surface area contributed by atoms with Crippen molar-refractivity contribution in [3.05, 3.63) is 0 Å². The number of carbonyl (C=O) groups is 2. The van der Waals surface area contributed by atoms with E-state index in [1.54, 1.807) is 0 Å². The van der Waals surface area contributed by atoms with Gasteiger partial charge in [-0.1, -0.05) is 0 Å². The van der Waals surface area contributed by atoms with Gasteiger partial charge in [-0.25, -0.2) is 0 Å². The molecule has 6 nitrogen and oxygen atoms in total. The highest BCUT2D eigenvalue weighted by molar-refractivity contribution is 5.78. The minimum absolute atomic E-state index is 0.0346. The maximum absolute atomic E-state index is 12.6. The van der Waals surface area contributed by atoms with Crippen LogP contribution in [0.3, 0.4) is 0 Å². The van der Waals surface area contributed by atoms with Crippen molar-refractivity contribution in [1.82, 2.24) is 14.7 Å². The van der Waals surface area contributed by atoms with Crippen molar-refractivity contribution in [1.29, 1.82) is 0 Å². The molecule has 2 amide bonds. The van der Waals surface area contributed by atoms with Crippen LogP contribution in [0, 0.1) is 11.8 Å². The Bertz CT molecular complexity index is 546. The van der Waals surface area contributed by atoms with Crippen LogP contribution in [-0.4, -0.2) is 85.0 Å². The molecule has 0 spiro atoms. The van der Waals surface area contributed by atoms with Crippen molar-refractivity contribution in [2.45, 2.75) is 62.8 Å². The van der Waals surface area contributed by atoms with Crippen molar-refractivity contribution < 1.29 is 14.3 Å². The number of likely N-dealkylation sites (tertiary alicyclic amines) is 1. The Morgan fingerprint density at radius 3 is 2.12 bits per heavy atom. The van der Waals surface area contributed by atoms with E-state index in [4.69, 9.17) is 4.74 Å². The molecule has 0 bridgehead atoms. The van der Waals surface area contributed by atoms with Crippen molar-refractivity contribution in [3.63, 3.8) is 0 Å². The summed E-state index contributed by atoms with van der Waals surface area (Å²) in [6.07, 6.45) is 5.57. The first-order valence-electron chi connectivity index (χ1n) is 9.79. The van der Waals surface area contributed by atoms with Crippen molar-refractivity contribution in [2.75, 3.05) is 34.3 Å². The van der Waals surface area contributed by atoms with E-state index < -0.39 is 0 Å². The van der Waals surface area contributed by atoms with Crippen LogP contribution in [0.15, 0.2) is 0 Å². The van der Waals surface area contributed by atoms with E-state index in [-0.39, 0.29) is 17.9 Å². The Kier molecular flexibility index (Phi) is 4.52. The maximum Gasteiger partial charge on any atom is 0.225 e. The molecule has 2 saturated heterocycles. The molecule has 25 heavy (non-hydrogen) atoms. The lowest BCUT2D eigenvalue weighted by Crippen LogP contribution is -2.37. The first kappa shape index (κ1) is 17.3. The van der Waals surface area contributed by atoms with Gasteiger partial charge in [0.05, 0.1) is 19.1 Å². The second kappa shape index (κ2) is 6.54. The number of likely N-dealkylation sites (N-methyl/N-ethyl adjacent to an activating group) is 1. The molecule has 6 heteroatoms. The van der Waals surface area contributed by atoms with Gasteiger partial charge in [-0.05, 0) is 38.6 Å². The van der Waals surface area contributed by atoms with Crippen LogP contribution in [0.25, 0.3) is 0 Å². The highest BCUT2D eigenvalue weighted by atomic mass is 16.5. The Balaban J connectivity index is 1.39. The number of rotatable bonds is 6. The zero-order chi connectivity index (χ0) is 17.7. The summed E-state index contributed by atoms with van der Waals surface area (Å²) in [7, 11) is 5.97. The summed E-state index contributed by atoms with van der Waals surface area (Å²) in [5.41, 5.74) is 0. The van der Waals surface area contributed by atoms with Gasteiger partial charge in [-0.3, -0.25) is 9.59 Å². The molecule has 4 aliphatic rings. The third-order valence-electron chi connectivity index (χ3n) is 6.78. The minimum atomic E-state index is -0.0346. The highest BCUT2D eigenvalue weighted by Gasteiger charge is 2.50. The zero-order valence-electron chi connectivity index (χ0n) is 15.7. The van der Waals surface area contributed by atoms with Gasteiger partial charge in [0.25, 0.3) is 0 Å². The summed E-state index contributed by atoms with van der Waals surface area (Å²) >= 11 is 0. The molecular weight excluding hydrogens is 318 g/mol. The summed E-state index contributed by atoms with van der Waals surface area (Å²) in [5.74, 6) is 1.06. The molecule has 0 N–H and O–H groups in total. The van der Waals surface area contributed by atoms with Crippen LogP contribution in [0.2, 0.25) is 0 Å². The molecular formula is C19H31N3O3.